The summed E-state index contributed by atoms with van der Waals surface area (Å²) in [7, 11) is 0. The second-order valence-corrected chi connectivity index (χ2v) is 5.05. The number of hydrogen-bond acceptors (Lipinski definition) is 2. The van der Waals surface area contributed by atoms with E-state index >= 15 is 0 Å². The van der Waals surface area contributed by atoms with Crippen molar-refractivity contribution in [3.05, 3.63) is 35.4 Å². The molecule has 0 aliphatic carbocycles. The minimum atomic E-state index is 0.741. The molecule has 1 atom stereocenters. The van der Waals surface area contributed by atoms with E-state index in [4.69, 9.17) is 0 Å². The van der Waals surface area contributed by atoms with E-state index in [1.54, 1.807) is 5.56 Å². The topological polar surface area (TPSA) is 15.3 Å². The van der Waals surface area contributed by atoms with Crippen molar-refractivity contribution in [2.75, 3.05) is 19.6 Å². The fraction of sp³-hybridized carbons (Fsp3) is 0.571. The van der Waals surface area contributed by atoms with Crippen molar-refractivity contribution in [1.29, 1.82) is 0 Å². The fourth-order valence-electron chi connectivity index (χ4n) is 2.93. The molecular weight excluding hydrogens is 196 g/mol. The van der Waals surface area contributed by atoms with Crippen molar-refractivity contribution >= 4 is 0 Å². The SMILES string of the molecule is c1ccc2c(c1)CCN(C[C@H]1CCCN1)C2. The van der Waals surface area contributed by atoms with E-state index in [2.05, 4.69) is 34.5 Å². The maximum Gasteiger partial charge on any atom is 0.0237 e. The number of rotatable bonds is 2. The molecule has 0 aromatic heterocycles. The fourth-order valence-corrected chi connectivity index (χ4v) is 2.93. The maximum atomic E-state index is 3.59. The van der Waals surface area contributed by atoms with Gasteiger partial charge >= 0.3 is 0 Å². The zero-order valence-electron chi connectivity index (χ0n) is 9.78. The molecule has 1 saturated heterocycles. The van der Waals surface area contributed by atoms with E-state index in [0.717, 1.165) is 12.6 Å². The van der Waals surface area contributed by atoms with Crippen LogP contribution in [0.4, 0.5) is 0 Å². The molecule has 1 N–H and O–H groups in total. The van der Waals surface area contributed by atoms with Crippen LogP contribution < -0.4 is 5.32 Å². The van der Waals surface area contributed by atoms with E-state index in [9.17, 15) is 0 Å². The molecular formula is C14H20N2. The molecule has 0 unspecified atom stereocenters. The zero-order chi connectivity index (χ0) is 10.8. The van der Waals surface area contributed by atoms with Crippen LogP contribution >= 0.6 is 0 Å². The monoisotopic (exact) mass is 216 g/mol. The van der Waals surface area contributed by atoms with Gasteiger partial charge in [-0.25, -0.2) is 0 Å². The highest BCUT2D eigenvalue weighted by atomic mass is 15.2. The largest absolute Gasteiger partial charge is 0.313 e. The molecule has 2 aliphatic rings. The summed E-state index contributed by atoms with van der Waals surface area (Å²) in [4.78, 5) is 2.60. The van der Waals surface area contributed by atoms with Crippen LogP contribution in [0.25, 0.3) is 0 Å². The average Bonchev–Trinajstić information content (AvgIpc) is 2.82. The molecule has 0 radical (unpaired) electrons. The lowest BCUT2D eigenvalue weighted by Gasteiger charge is -2.30. The van der Waals surface area contributed by atoms with Crippen LogP contribution in [0.15, 0.2) is 24.3 Å². The molecule has 2 heteroatoms. The van der Waals surface area contributed by atoms with Gasteiger partial charge in [0, 0.05) is 25.7 Å². The second kappa shape index (κ2) is 4.56. The Kier molecular flexibility index (Phi) is 2.94. The van der Waals surface area contributed by atoms with Crippen LogP contribution in [0.3, 0.4) is 0 Å². The average molecular weight is 216 g/mol. The summed E-state index contributed by atoms with van der Waals surface area (Å²) in [6.45, 7) is 4.83. The van der Waals surface area contributed by atoms with Crippen molar-refractivity contribution in [3.63, 3.8) is 0 Å². The summed E-state index contributed by atoms with van der Waals surface area (Å²) in [5, 5.41) is 3.59. The van der Waals surface area contributed by atoms with Gasteiger partial charge in [0.1, 0.15) is 0 Å². The normalized spacial score (nSPS) is 25.6. The van der Waals surface area contributed by atoms with Crippen molar-refractivity contribution < 1.29 is 0 Å². The molecule has 86 valence electrons. The highest BCUT2D eigenvalue weighted by Crippen LogP contribution is 2.19. The molecule has 1 aromatic carbocycles. The Morgan fingerprint density at radius 3 is 2.94 bits per heavy atom. The minimum Gasteiger partial charge on any atom is -0.313 e. The molecule has 2 nitrogen and oxygen atoms in total. The number of nitrogens with zero attached hydrogens (tertiary/aromatic N) is 1. The van der Waals surface area contributed by atoms with Crippen LogP contribution in [0.2, 0.25) is 0 Å². The van der Waals surface area contributed by atoms with Crippen molar-refractivity contribution in [3.8, 4) is 0 Å². The standard InChI is InChI=1S/C14H20N2/c1-2-5-13-10-16(9-7-12(13)4-1)11-14-6-3-8-15-14/h1-2,4-5,14-15H,3,6-11H2/t14-/m1/s1. The first-order chi connectivity index (χ1) is 7.92. The third-order valence-corrected chi connectivity index (χ3v) is 3.85. The van der Waals surface area contributed by atoms with E-state index in [1.165, 1.54) is 44.5 Å². The summed E-state index contributed by atoms with van der Waals surface area (Å²) in [6, 6.07) is 9.62. The molecule has 16 heavy (non-hydrogen) atoms. The minimum absolute atomic E-state index is 0.741. The summed E-state index contributed by atoms with van der Waals surface area (Å²) >= 11 is 0. The van der Waals surface area contributed by atoms with Crippen molar-refractivity contribution in [2.24, 2.45) is 0 Å². The molecule has 1 aromatic rings. The van der Waals surface area contributed by atoms with Gasteiger partial charge in [-0.2, -0.15) is 0 Å². The van der Waals surface area contributed by atoms with Crippen LogP contribution in [0, 0.1) is 0 Å². The second-order valence-electron chi connectivity index (χ2n) is 5.05. The van der Waals surface area contributed by atoms with Crippen LogP contribution in [0.5, 0.6) is 0 Å². The molecule has 3 rings (SSSR count). The summed E-state index contributed by atoms with van der Waals surface area (Å²) in [6.07, 6.45) is 3.94. The van der Waals surface area contributed by atoms with Gasteiger partial charge in [-0.05, 0) is 36.9 Å². The lowest BCUT2D eigenvalue weighted by Crippen LogP contribution is -2.40. The molecule has 1 fully saturated rings. The quantitative estimate of drug-likeness (QED) is 0.811. The van der Waals surface area contributed by atoms with Gasteiger partial charge in [0.25, 0.3) is 0 Å². The number of nitrogens with one attached hydrogen (secondary N) is 1. The lowest BCUT2D eigenvalue weighted by molar-refractivity contribution is 0.231. The van der Waals surface area contributed by atoms with Gasteiger partial charge in [-0.1, -0.05) is 24.3 Å². The Labute approximate surface area is 97.6 Å². The van der Waals surface area contributed by atoms with E-state index < -0.39 is 0 Å². The van der Waals surface area contributed by atoms with Gasteiger partial charge in [0.15, 0.2) is 0 Å². The van der Waals surface area contributed by atoms with Gasteiger partial charge in [-0.3, -0.25) is 4.90 Å². The van der Waals surface area contributed by atoms with Gasteiger partial charge in [-0.15, -0.1) is 0 Å². The predicted octanol–water partition coefficient (Wildman–Crippen LogP) is 1.80. The third-order valence-electron chi connectivity index (χ3n) is 3.85. The van der Waals surface area contributed by atoms with Crippen molar-refractivity contribution in [2.45, 2.75) is 31.8 Å². The highest BCUT2D eigenvalue weighted by molar-refractivity contribution is 5.29. The van der Waals surface area contributed by atoms with Gasteiger partial charge < -0.3 is 5.32 Å². The number of fused-ring (bicyclic) bond motifs is 1. The number of benzene rings is 1. The summed E-state index contributed by atoms with van der Waals surface area (Å²) in [5.74, 6) is 0. The first-order valence-electron chi connectivity index (χ1n) is 6.44. The number of hydrogen-bond donors (Lipinski definition) is 1. The molecule has 0 spiro atoms. The van der Waals surface area contributed by atoms with Gasteiger partial charge in [0.2, 0.25) is 0 Å². The maximum absolute atomic E-state index is 3.59. The first-order valence-corrected chi connectivity index (χ1v) is 6.44. The van der Waals surface area contributed by atoms with Crippen LogP contribution in [-0.2, 0) is 13.0 Å². The Hall–Kier alpha value is -0.860. The highest BCUT2D eigenvalue weighted by Gasteiger charge is 2.21. The smallest absolute Gasteiger partial charge is 0.0237 e. The first kappa shape index (κ1) is 10.3. The predicted molar refractivity (Wildman–Crippen MR) is 66.4 cm³/mol. The molecule has 2 aliphatic heterocycles. The van der Waals surface area contributed by atoms with E-state index in [-0.39, 0.29) is 0 Å². The Morgan fingerprint density at radius 2 is 2.12 bits per heavy atom. The Balaban J connectivity index is 1.63. The summed E-state index contributed by atoms with van der Waals surface area (Å²) in [5.41, 5.74) is 3.09. The van der Waals surface area contributed by atoms with E-state index in [0.29, 0.717) is 0 Å². The van der Waals surface area contributed by atoms with Crippen LogP contribution in [-0.4, -0.2) is 30.6 Å². The van der Waals surface area contributed by atoms with Crippen LogP contribution in [0.1, 0.15) is 24.0 Å². The third kappa shape index (κ3) is 2.13. The Morgan fingerprint density at radius 1 is 1.25 bits per heavy atom. The molecule has 0 bridgehead atoms. The zero-order valence-corrected chi connectivity index (χ0v) is 9.78. The Bertz CT molecular complexity index is 356. The van der Waals surface area contributed by atoms with Gasteiger partial charge in [0.05, 0.1) is 0 Å². The molecule has 2 heterocycles. The molecule has 0 amide bonds. The lowest BCUT2D eigenvalue weighted by atomic mass is 9.99. The molecule has 0 saturated carbocycles. The van der Waals surface area contributed by atoms with Crippen molar-refractivity contribution in [1.82, 2.24) is 10.2 Å². The van der Waals surface area contributed by atoms with E-state index in [1.807, 2.05) is 0 Å². The summed E-state index contributed by atoms with van der Waals surface area (Å²) < 4.78 is 0.